The number of nitrogens with one attached hydrogen (secondary N) is 1. The van der Waals surface area contributed by atoms with E-state index in [0.29, 0.717) is 17.7 Å². The minimum Gasteiger partial charge on any atom is -0.390 e. The zero-order valence-electron chi connectivity index (χ0n) is 9.52. The molecule has 4 nitrogen and oxygen atoms in total. The molecule has 0 amide bonds. The van der Waals surface area contributed by atoms with Crippen LogP contribution in [0.25, 0.3) is 0 Å². The third-order valence-electron chi connectivity index (χ3n) is 3.06. The van der Waals surface area contributed by atoms with Gasteiger partial charge in [-0.1, -0.05) is 25.7 Å². The number of hydrogen-bond donors (Lipinski definition) is 2. The molecule has 2 rings (SSSR count). The third kappa shape index (κ3) is 3.17. The van der Waals surface area contributed by atoms with Gasteiger partial charge in [-0.05, 0) is 18.9 Å². The van der Waals surface area contributed by atoms with Gasteiger partial charge in [0.25, 0.3) is 0 Å². The van der Waals surface area contributed by atoms with Crippen molar-refractivity contribution in [3.8, 4) is 0 Å². The van der Waals surface area contributed by atoms with Crippen molar-refractivity contribution in [3.05, 3.63) is 18.0 Å². The topological polar surface area (TPSA) is 58.0 Å². The molecule has 2 N–H and O–H groups in total. The van der Waals surface area contributed by atoms with Crippen LogP contribution in [0.15, 0.2) is 12.3 Å². The van der Waals surface area contributed by atoms with Crippen LogP contribution >= 0.6 is 0 Å². The highest BCUT2D eigenvalue weighted by atomic mass is 16.3. The highest BCUT2D eigenvalue weighted by molar-refractivity contribution is 5.26. The summed E-state index contributed by atoms with van der Waals surface area (Å²) in [5.74, 6) is 0.651. The van der Waals surface area contributed by atoms with Crippen molar-refractivity contribution in [1.29, 1.82) is 0 Å². The molecule has 1 heterocycles. The van der Waals surface area contributed by atoms with Gasteiger partial charge in [0, 0.05) is 12.2 Å². The van der Waals surface area contributed by atoms with Crippen molar-refractivity contribution >= 4 is 5.95 Å². The number of anilines is 1. The summed E-state index contributed by atoms with van der Waals surface area (Å²) in [6.07, 6.45) is 9.36. The van der Waals surface area contributed by atoms with Crippen molar-refractivity contribution < 1.29 is 5.11 Å². The van der Waals surface area contributed by atoms with E-state index in [4.69, 9.17) is 5.11 Å². The maximum absolute atomic E-state index is 8.99. The van der Waals surface area contributed by atoms with Crippen molar-refractivity contribution in [2.24, 2.45) is 0 Å². The van der Waals surface area contributed by atoms with E-state index in [1.54, 1.807) is 12.3 Å². The molecule has 0 unspecified atom stereocenters. The Morgan fingerprint density at radius 2 is 2.00 bits per heavy atom. The molecule has 0 aliphatic heterocycles. The Morgan fingerprint density at radius 1 is 1.25 bits per heavy atom. The second-order valence-electron chi connectivity index (χ2n) is 4.36. The van der Waals surface area contributed by atoms with Gasteiger partial charge in [-0.15, -0.1) is 0 Å². The van der Waals surface area contributed by atoms with Gasteiger partial charge in [0.15, 0.2) is 0 Å². The van der Waals surface area contributed by atoms with Gasteiger partial charge < -0.3 is 10.4 Å². The van der Waals surface area contributed by atoms with Crippen molar-refractivity contribution in [2.75, 3.05) is 5.32 Å². The second-order valence-corrected chi connectivity index (χ2v) is 4.36. The molecule has 0 aromatic carbocycles. The minimum atomic E-state index is -0.0259. The number of aromatic nitrogens is 2. The van der Waals surface area contributed by atoms with E-state index in [-0.39, 0.29) is 6.61 Å². The number of aliphatic hydroxyl groups excluding tert-OH is 1. The fourth-order valence-electron chi connectivity index (χ4n) is 2.16. The number of aliphatic hydroxyl groups is 1. The predicted octanol–water partition coefficient (Wildman–Crippen LogP) is 2.10. The summed E-state index contributed by atoms with van der Waals surface area (Å²) in [5, 5.41) is 12.4. The predicted molar refractivity (Wildman–Crippen MR) is 63.1 cm³/mol. The summed E-state index contributed by atoms with van der Waals surface area (Å²) < 4.78 is 0. The molecule has 1 aliphatic rings. The van der Waals surface area contributed by atoms with Gasteiger partial charge in [0.1, 0.15) is 0 Å². The summed E-state index contributed by atoms with van der Waals surface area (Å²) in [5.41, 5.74) is 0.672. The molecule has 1 aliphatic carbocycles. The molecule has 0 saturated heterocycles. The lowest BCUT2D eigenvalue weighted by atomic mass is 10.1. The highest BCUT2D eigenvalue weighted by Crippen LogP contribution is 2.19. The Balaban J connectivity index is 1.96. The molecular weight excluding hydrogens is 202 g/mol. The second kappa shape index (κ2) is 5.80. The van der Waals surface area contributed by atoms with Gasteiger partial charge >= 0.3 is 0 Å². The molecule has 1 aromatic heterocycles. The van der Waals surface area contributed by atoms with Gasteiger partial charge in [0.2, 0.25) is 5.95 Å². The molecule has 0 radical (unpaired) electrons. The van der Waals surface area contributed by atoms with Crippen LogP contribution < -0.4 is 5.32 Å². The van der Waals surface area contributed by atoms with Crippen LogP contribution in [0.3, 0.4) is 0 Å². The summed E-state index contributed by atoms with van der Waals surface area (Å²) >= 11 is 0. The molecule has 0 bridgehead atoms. The van der Waals surface area contributed by atoms with E-state index in [1.807, 2.05) is 0 Å². The quantitative estimate of drug-likeness (QED) is 0.767. The van der Waals surface area contributed by atoms with E-state index in [1.165, 1.54) is 38.5 Å². The largest absolute Gasteiger partial charge is 0.390 e. The molecular formula is C12H19N3O. The van der Waals surface area contributed by atoms with Gasteiger partial charge in [-0.25, -0.2) is 9.97 Å². The number of hydrogen-bond acceptors (Lipinski definition) is 4. The van der Waals surface area contributed by atoms with Gasteiger partial charge in [-0.3, -0.25) is 0 Å². The molecule has 1 aromatic rings. The van der Waals surface area contributed by atoms with Crippen LogP contribution in [0.4, 0.5) is 5.95 Å². The zero-order chi connectivity index (χ0) is 11.2. The summed E-state index contributed by atoms with van der Waals surface area (Å²) in [7, 11) is 0. The summed E-state index contributed by atoms with van der Waals surface area (Å²) in [6, 6.07) is 2.23. The first-order valence-corrected chi connectivity index (χ1v) is 6.08. The first-order valence-electron chi connectivity index (χ1n) is 6.08. The van der Waals surface area contributed by atoms with E-state index in [0.717, 1.165) is 0 Å². The monoisotopic (exact) mass is 221 g/mol. The average Bonchev–Trinajstić information content (AvgIpc) is 2.58. The Labute approximate surface area is 96.1 Å². The third-order valence-corrected chi connectivity index (χ3v) is 3.06. The smallest absolute Gasteiger partial charge is 0.223 e. The van der Waals surface area contributed by atoms with E-state index < -0.39 is 0 Å². The van der Waals surface area contributed by atoms with Crippen LogP contribution in [0.2, 0.25) is 0 Å². The van der Waals surface area contributed by atoms with E-state index >= 15 is 0 Å². The Bertz CT molecular complexity index is 322. The normalized spacial score (nSPS) is 18.1. The zero-order valence-corrected chi connectivity index (χ0v) is 9.52. The van der Waals surface area contributed by atoms with Crippen LogP contribution in [0.1, 0.15) is 44.2 Å². The minimum absolute atomic E-state index is 0.0259. The summed E-state index contributed by atoms with van der Waals surface area (Å²) in [4.78, 5) is 8.42. The summed E-state index contributed by atoms with van der Waals surface area (Å²) in [6.45, 7) is -0.0259. The number of rotatable bonds is 3. The van der Waals surface area contributed by atoms with E-state index in [2.05, 4.69) is 15.3 Å². The fraction of sp³-hybridized carbons (Fsp3) is 0.667. The van der Waals surface area contributed by atoms with Gasteiger partial charge in [0.05, 0.1) is 12.3 Å². The van der Waals surface area contributed by atoms with Crippen LogP contribution in [0, 0.1) is 0 Å². The molecule has 0 spiro atoms. The lowest BCUT2D eigenvalue weighted by molar-refractivity contribution is 0.277. The first-order chi connectivity index (χ1) is 7.88. The Morgan fingerprint density at radius 3 is 2.69 bits per heavy atom. The number of nitrogens with zero attached hydrogens (tertiary/aromatic N) is 2. The standard InChI is InChI=1S/C12H19N3O/c16-9-11-7-8-13-12(15-11)14-10-5-3-1-2-4-6-10/h7-8,10,16H,1-6,9H2,(H,13,14,15). The molecule has 1 saturated carbocycles. The Hall–Kier alpha value is -1.16. The van der Waals surface area contributed by atoms with Crippen molar-refractivity contribution in [1.82, 2.24) is 9.97 Å². The molecule has 4 heteroatoms. The van der Waals surface area contributed by atoms with Crippen LogP contribution in [-0.2, 0) is 6.61 Å². The maximum atomic E-state index is 8.99. The van der Waals surface area contributed by atoms with Gasteiger partial charge in [-0.2, -0.15) is 0 Å². The lowest BCUT2D eigenvalue weighted by Gasteiger charge is -2.16. The molecule has 16 heavy (non-hydrogen) atoms. The fourth-order valence-corrected chi connectivity index (χ4v) is 2.16. The SMILES string of the molecule is OCc1ccnc(NC2CCCCCC2)n1. The van der Waals surface area contributed by atoms with E-state index in [9.17, 15) is 0 Å². The molecule has 88 valence electrons. The molecule has 1 fully saturated rings. The maximum Gasteiger partial charge on any atom is 0.223 e. The van der Waals surface area contributed by atoms with Crippen molar-refractivity contribution in [3.63, 3.8) is 0 Å². The van der Waals surface area contributed by atoms with Crippen molar-refractivity contribution in [2.45, 2.75) is 51.2 Å². The Kier molecular flexibility index (Phi) is 4.10. The average molecular weight is 221 g/mol. The van der Waals surface area contributed by atoms with Crippen LogP contribution in [-0.4, -0.2) is 21.1 Å². The molecule has 0 atom stereocenters. The first kappa shape index (κ1) is 11.3. The lowest BCUT2D eigenvalue weighted by Crippen LogP contribution is -2.20. The van der Waals surface area contributed by atoms with Crippen LogP contribution in [0.5, 0.6) is 0 Å². The highest BCUT2D eigenvalue weighted by Gasteiger charge is 2.12.